The van der Waals surface area contributed by atoms with Crippen molar-refractivity contribution in [2.75, 3.05) is 5.32 Å². The summed E-state index contributed by atoms with van der Waals surface area (Å²) in [5, 5.41) is 11.6. The molecule has 0 aliphatic heterocycles. The van der Waals surface area contributed by atoms with Crippen molar-refractivity contribution < 1.29 is 4.79 Å². The third-order valence-electron chi connectivity index (χ3n) is 3.41. The molecule has 2 aromatic carbocycles. The second-order valence-electron chi connectivity index (χ2n) is 5.32. The fourth-order valence-corrected chi connectivity index (χ4v) is 4.12. The molecule has 3 aromatic rings. The molecule has 0 spiro atoms. The zero-order chi connectivity index (χ0) is 17.5. The normalized spacial score (nSPS) is 10.6. The number of hydrogen-bond acceptors (Lipinski definition) is 5. The van der Waals surface area contributed by atoms with Crippen LogP contribution in [0.2, 0.25) is 0 Å². The predicted molar refractivity (Wildman–Crippen MR) is 107 cm³/mol. The molecule has 0 atom stereocenters. The summed E-state index contributed by atoms with van der Waals surface area (Å²) in [7, 11) is 0. The van der Waals surface area contributed by atoms with Crippen molar-refractivity contribution in [2.45, 2.75) is 22.9 Å². The van der Waals surface area contributed by atoms with Crippen LogP contribution >= 0.6 is 39.0 Å². The number of anilines is 1. The molecule has 0 saturated heterocycles. The first-order valence-corrected chi connectivity index (χ1v) is 10.3. The Morgan fingerprint density at radius 1 is 1.04 bits per heavy atom. The molecule has 1 N–H and O–H groups in total. The van der Waals surface area contributed by atoms with Crippen molar-refractivity contribution in [1.82, 2.24) is 10.2 Å². The summed E-state index contributed by atoms with van der Waals surface area (Å²) in [5.74, 6) is 0.786. The minimum Gasteiger partial charge on any atom is -0.300 e. The highest BCUT2D eigenvalue weighted by atomic mass is 79.9. The molecule has 0 aliphatic rings. The molecule has 7 heteroatoms. The average Bonchev–Trinajstić information content (AvgIpc) is 3.08. The first kappa shape index (κ1) is 18.1. The molecule has 0 radical (unpaired) electrons. The van der Waals surface area contributed by atoms with Crippen LogP contribution in [-0.4, -0.2) is 16.1 Å². The number of aromatic nitrogens is 2. The summed E-state index contributed by atoms with van der Waals surface area (Å²) in [6, 6.07) is 18.2. The van der Waals surface area contributed by atoms with E-state index in [1.54, 1.807) is 11.8 Å². The Morgan fingerprint density at radius 2 is 1.80 bits per heavy atom. The maximum Gasteiger partial charge on any atom is 0.226 e. The highest BCUT2D eigenvalue weighted by Crippen LogP contribution is 2.28. The topological polar surface area (TPSA) is 54.9 Å². The van der Waals surface area contributed by atoms with Gasteiger partial charge in [-0.3, -0.25) is 4.79 Å². The van der Waals surface area contributed by atoms with E-state index in [1.807, 2.05) is 42.5 Å². The van der Waals surface area contributed by atoms with Gasteiger partial charge in [-0.15, -0.1) is 10.2 Å². The quantitative estimate of drug-likeness (QED) is 0.412. The Morgan fingerprint density at radius 3 is 2.56 bits per heavy atom. The lowest BCUT2D eigenvalue weighted by Gasteiger charge is -2.01. The number of halogens is 1. The third-order valence-corrected chi connectivity index (χ3v) is 5.98. The molecular weight excluding hydrogens is 418 g/mol. The van der Waals surface area contributed by atoms with Gasteiger partial charge >= 0.3 is 0 Å². The van der Waals surface area contributed by atoms with Crippen molar-refractivity contribution in [1.29, 1.82) is 0 Å². The fourth-order valence-electron chi connectivity index (χ4n) is 2.13. The van der Waals surface area contributed by atoms with Crippen molar-refractivity contribution >= 4 is 50.1 Å². The largest absolute Gasteiger partial charge is 0.300 e. The summed E-state index contributed by atoms with van der Waals surface area (Å²) in [6.45, 7) is 0. The van der Waals surface area contributed by atoms with Crippen LogP contribution in [0.3, 0.4) is 0 Å². The molecule has 0 unspecified atom stereocenters. The number of carbonyl (C=O) groups is 1. The molecule has 4 nitrogen and oxygen atoms in total. The van der Waals surface area contributed by atoms with Crippen molar-refractivity contribution in [2.24, 2.45) is 0 Å². The molecule has 25 heavy (non-hydrogen) atoms. The molecule has 0 saturated carbocycles. The molecular formula is C18H16BrN3OS2. The Kier molecular flexibility index (Phi) is 6.61. The van der Waals surface area contributed by atoms with Gasteiger partial charge < -0.3 is 5.32 Å². The van der Waals surface area contributed by atoms with E-state index < -0.39 is 0 Å². The summed E-state index contributed by atoms with van der Waals surface area (Å²) in [5.41, 5.74) is 2.37. The van der Waals surface area contributed by atoms with E-state index in [0.717, 1.165) is 26.5 Å². The van der Waals surface area contributed by atoms with E-state index >= 15 is 0 Å². The monoisotopic (exact) mass is 433 g/mol. The lowest BCUT2D eigenvalue weighted by Crippen LogP contribution is -2.12. The van der Waals surface area contributed by atoms with Crippen LogP contribution in [0, 0.1) is 0 Å². The van der Waals surface area contributed by atoms with E-state index in [0.29, 0.717) is 11.6 Å². The predicted octanol–water partition coefficient (Wildman–Crippen LogP) is 5.16. The van der Waals surface area contributed by atoms with Crippen LogP contribution in [0.4, 0.5) is 5.13 Å². The number of thioether (sulfide) groups is 1. The second-order valence-corrected chi connectivity index (χ2v) is 8.44. The summed E-state index contributed by atoms with van der Waals surface area (Å²) in [4.78, 5) is 12.0. The van der Waals surface area contributed by atoms with Gasteiger partial charge in [0.15, 0.2) is 4.34 Å². The van der Waals surface area contributed by atoms with Gasteiger partial charge in [0, 0.05) is 16.6 Å². The zero-order valence-electron chi connectivity index (χ0n) is 13.3. The SMILES string of the molecule is O=C(CCc1ccccc1)Nc1nnc(SCc2ccc(Br)cc2)s1. The molecule has 0 fully saturated rings. The summed E-state index contributed by atoms with van der Waals surface area (Å²) in [6.07, 6.45) is 1.15. The third kappa shape index (κ3) is 5.95. The van der Waals surface area contributed by atoms with Crippen molar-refractivity contribution in [3.8, 4) is 0 Å². The van der Waals surface area contributed by atoms with Gasteiger partial charge in [-0.2, -0.15) is 0 Å². The Labute approximate surface area is 163 Å². The minimum absolute atomic E-state index is 0.0375. The van der Waals surface area contributed by atoms with Crippen LogP contribution in [0.1, 0.15) is 17.5 Å². The molecule has 1 aromatic heterocycles. The minimum atomic E-state index is -0.0375. The van der Waals surface area contributed by atoms with Gasteiger partial charge in [0.1, 0.15) is 0 Å². The van der Waals surface area contributed by atoms with E-state index in [-0.39, 0.29) is 5.91 Å². The molecule has 0 bridgehead atoms. The van der Waals surface area contributed by atoms with E-state index in [9.17, 15) is 4.79 Å². The molecule has 3 rings (SSSR count). The number of nitrogens with zero attached hydrogens (tertiary/aromatic N) is 2. The van der Waals surface area contributed by atoms with Gasteiger partial charge in [0.05, 0.1) is 0 Å². The van der Waals surface area contributed by atoms with Crippen LogP contribution in [-0.2, 0) is 17.0 Å². The average molecular weight is 434 g/mol. The summed E-state index contributed by atoms with van der Waals surface area (Å²) >= 11 is 6.45. The number of benzene rings is 2. The number of rotatable bonds is 7. The van der Waals surface area contributed by atoms with Gasteiger partial charge in [0.25, 0.3) is 0 Å². The fraction of sp³-hybridized carbons (Fsp3) is 0.167. The van der Waals surface area contributed by atoms with Gasteiger partial charge in [-0.25, -0.2) is 0 Å². The zero-order valence-corrected chi connectivity index (χ0v) is 16.5. The smallest absolute Gasteiger partial charge is 0.226 e. The van der Waals surface area contributed by atoms with E-state index in [4.69, 9.17) is 0 Å². The van der Waals surface area contributed by atoms with Gasteiger partial charge in [-0.1, -0.05) is 81.5 Å². The van der Waals surface area contributed by atoms with Crippen LogP contribution in [0.25, 0.3) is 0 Å². The van der Waals surface area contributed by atoms with Gasteiger partial charge in [0.2, 0.25) is 11.0 Å². The molecule has 128 valence electrons. The van der Waals surface area contributed by atoms with Crippen molar-refractivity contribution in [3.63, 3.8) is 0 Å². The summed E-state index contributed by atoms with van der Waals surface area (Å²) < 4.78 is 1.92. The Balaban J connectivity index is 1.46. The molecule has 1 amide bonds. The standard InChI is InChI=1S/C18H16BrN3OS2/c19-15-9-6-14(7-10-15)12-24-18-22-21-17(25-18)20-16(23)11-8-13-4-2-1-3-5-13/h1-7,9-10H,8,11-12H2,(H,20,21,23). The Hall–Kier alpha value is -1.70. The number of nitrogens with one attached hydrogen (secondary N) is 1. The highest BCUT2D eigenvalue weighted by Gasteiger charge is 2.09. The maximum absolute atomic E-state index is 12.0. The lowest BCUT2D eigenvalue weighted by atomic mass is 10.1. The van der Waals surface area contributed by atoms with E-state index in [2.05, 4.69) is 43.6 Å². The lowest BCUT2D eigenvalue weighted by molar-refractivity contribution is -0.116. The first-order chi connectivity index (χ1) is 12.2. The number of carbonyl (C=O) groups excluding carboxylic acids is 1. The Bertz CT molecular complexity index is 822. The molecule has 0 aliphatic carbocycles. The van der Waals surface area contributed by atoms with Crippen LogP contribution < -0.4 is 5.32 Å². The number of amides is 1. The molecule has 1 heterocycles. The van der Waals surface area contributed by atoms with Crippen molar-refractivity contribution in [3.05, 3.63) is 70.2 Å². The maximum atomic E-state index is 12.0. The van der Waals surface area contributed by atoms with Crippen LogP contribution in [0.15, 0.2) is 63.4 Å². The second kappa shape index (κ2) is 9.12. The number of aryl methyl sites for hydroxylation is 1. The first-order valence-electron chi connectivity index (χ1n) is 7.73. The van der Waals surface area contributed by atoms with Gasteiger partial charge in [-0.05, 0) is 29.7 Å². The highest BCUT2D eigenvalue weighted by molar-refractivity contribution is 9.10. The number of hydrogen-bond donors (Lipinski definition) is 1. The van der Waals surface area contributed by atoms with Crippen LogP contribution in [0.5, 0.6) is 0 Å². The van der Waals surface area contributed by atoms with E-state index in [1.165, 1.54) is 16.9 Å².